The molecule has 3 heterocycles. The first-order valence-corrected chi connectivity index (χ1v) is 15.9. The van der Waals surface area contributed by atoms with E-state index >= 15 is 0 Å². The van der Waals surface area contributed by atoms with Crippen molar-refractivity contribution >= 4 is 76.1 Å². The van der Waals surface area contributed by atoms with Crippen LogP contribution in [0.3, 0.4) is 0 Å². The van der Waals surface area contributed by atoms with Gasteiger partial charge in [-0.15, -0.1) is 0 Å². The molecule has 7 aromatic carbocycles. The number of nitrogens with zero attached hydrogens (tertiary/aromatic N) is 3. The van der Waals surface area contributed by atoms with Crippen molar-refractivity contribution in [2.45, 2.75) is 0 Å². The molecule has 0 unspecified atom stereocenters. The first-order valence-electron chi connectivity index (χ1n) is 15.9. The van der Waals surface area contributed by atoms with Gasteiger partial charge in [-0.05, 0) is 70.1 Å². The van der Waals surface area contributed by atoms with Crippen LogP contribution >= 0.6 is 0 Å². The smallest absolute Gasteiger partial charge is 0.151 e. The van der Waals surface area contributed by atoms with Gasteiger partial charge in [-0.3, -0.25) is 4.98 Å². The maximum absolute atomic E-state index is 6.21. The molecule has 0 atom stereocenters. The number of rotatable bonds is 2. The maximum Gasteiger partial charge on any atom is 0.151 e. The van der Waals surface area contributed by atoms with E-state index < -0.39 is 0 Å². The van der Waals surface area contributed by atoms with E-state index in [1.54, 1.807) is 6.26 Å². The average molecular weight is 602 g/mol. The molecule has 0 N–H and O–H groups in total. The van der Waals surface area contributed by atoms with Gasteiger partial charge in [-0.2, -0.15) is 0 Å². The fraction of sp³-hybridized carbons (Fsp3) is 0. The summed E-state index contributed by atoms with van der Waals surface area (Å²) in [7, 11) is 0. The number of hydrogen-bond acceptors (Lipinski definition) is 2. The first kappa shape index (κ1) is 25.9. The predicted molar refractivity (Wildman–Crippen MR) is 195 cm³/mol. The zero-order valence-corrected chi connectivity index (χ0v) is 25.3. The largest absolute Gasteiger partial charge is 0.461 e. The van der Waals surface area contributed by atoms with Crippen LogP contribution in [0.25, 0.3) is 87.5 Å². The van der Waals surface area contributed by atoms with Crippen LogP contribution in [0.1, 0.15) is 0 Å². The normalized spacial score (nSPS) is 11.8. The second-order valence-corrected chi connectivity index (χ2v) is 12.0. The molecule has 0 spiro atoms. The van der Waals surface area contributed by atoms with Crippen LogP contribution in [0.4, 0.5) is 0 Å². The van der Waals surface area contributed by atoms with Crippen LogP contribution in [-0.4, -0.2) is 14.1 Å². The third-order valence-electron chi connectivity index (χ3n) is 9.50. The predicted octanol–water partition coefficient (Wildman–Crippen LogP) is 11.5. The third kappa shape index (κ3) is 3.79. The molecule has 0 aliphatic carbocycles. The van der Waals surface area contributed by atoms with Crippen LogP contribution in [0, 0.1) is 0 Å². The minimum atomic E-state index is 0.792. The summed E-state index contributed by atoms with van der Waals surface area (Å²) in [5.41, 5.74) is 7.29. The standard InChI is InChI=1S/C43H27N3O/c1-2-12-28(13-3-1)45-24-25-47-41-27-36-35(26-40(41)45)33-18-10-22-39(46-37-20-8-6-15-30(37)31-16-7-9-21-38(31)46)42(33)32-17-5-4-14-29(32)34-19-11-23-44-43(34)36/h1-27H. The zero-order valence-electron chi connectivity index (χ0n) is 25.3. The van der Waals surface area contributed by atoms with Crippen LogP contribution in [0.5, 0.6) is 0 Å². The van der Waals surface area contributed by atoms with Crippen LogP contribution in [-0.2, 0) is 0 Å². The van der Waals surface area contributed by atoms with E-state index in [9.17, 15) is 0 Å². The highest BCUT2D eigenvalue weighted by molar-refractivity contribution is 6.28. The molecule has 47 heavy (non-hydrogen) atoms. The van der Waals surface area contributed by atoms with Gasteiger partial charge >= 0.3 is 0 Å². The van der Waals surface area contributed by atoms with Crippen LogP contribution in [0.2, 0.25) is 0 Å². The summed E-state index contributed by atoms with van der Waals surface area (Å²) >= 11 is 0. The average Bonchev–Trinajstić information content (AvgIpc) is 3.48. The van der Waals surface area contributed by atoms with E-state index in [0.29, 0.717) is 0 Å². The van der Waals surface area contributed by atoms with E-state index in [0.717, 1.165) is 54.9 Å². The van der Waals surface area contributed by atoms with E-state index in [2.05, 4.69) is 143 Å². The lowest BCUT2D eigenvalue weighted by Crippen LogP contribution is -1.98. The van der Waals surface area contributed by atoms with Gasteiger partial charge in [0.1, 0.15) is 6.26 Å². The lowest BCUT2D eigenvalue weighted by molar-refractivity contribution is 0.593. The van der Waals surface area contributed by atoms with Crippen molar-refractivity contribution in [3.05, 3.63) is 164 Å². The minimum absolute atomic E-state index is 0.792. The second kappa shape index (κ2) is 10.1. The molecule has 10 rings (SSSR count). The molecule has 0 bridgehead atoms. The summed E-state index contributed by atoms with van der Waals surface area (Å²) in [5, 5.41) is 10.4. The molecule has 0 radical (unpaired) electrons. The monoisotopic (exact) mass is 601 g/mol. The Hall–Kier alpha value is -6.39. The van der Waals surface area contributed by atoms with Crippen molar-refractivity contribution in [3.8, 4) is 11.4 Å². The highest BCUT2D eigenvalue weighted by Gasteiger charge is 2.18. The maximum atomic E-state index is 6.21. The van der Waals surface area contributed by atoms with Gasteiger partial charge in [0.25, 0.3) is 0 Å². The highest BCUT2D eigenvalue weighted by Crippen LogP contribution is 2.41. The van der Waals surface area contributed by atoms with Gasteiger partial charge < -0.3 is 13.6 Å². The SMILES string of the molecule is c1ccc(-n2ccoc3cc4c(cc32)c2cccc(-n3c5ccccc5c5ccccc53)c2c2ccccc2c2cccnc24)cc1. The molecule has 0 saturated carbocycles. The summed E-state index contributed by atoms with van der Waals surface area (Å²) < 4.78 is 10.8. The topological polar surface area (TPSA) is 35.9 Å². The second-order valence-electron chi connectivity index (χ2n) is 12.0. The highest BCUT2D eigenvalue weighted by atomic mass is 16.3. The molecule has 0 fully saturated rings. The number of fused-ring (bicyclic) bond motifs is 12. The number of aromatic nitrogens is 3. The van der Waals surface area contributed by atoms with Gasteiger partial charge in [-0.25, -0.2) is 0 Å². The van der Waals surface area contributed by atoms with Crippen molar-refractivity contribution < 1.29 is 4.42 Å². The molecule has 4 heteroatoms. The molecular formula is C43H27N3O. The summed E-state index contributed by atoms with van der Waals surface area (Å²) in [6.07, 6.45) is 5.64. The number of benzene rings is 6. The van der Waals surface area contributed by atoms with E-state index in [4.69, 9.17) is 9.40 Å². The zero-order chi connectivity index (χ0) is 30.9. The van der Waals surface area contributed by atoms with Crippen molar-refractivity contribution in [2.75, 3.05) is 0 Å². The van der Waals surface area contributed by atoms with Gasteiger partial charge in [0.05, 0.1) is 27.8 Å². The third-order valence-corrected chi connectivity index (χ3v) is 9.50. The minimum Gasteiger partial charge on any atom is -0.461 e. The Morgan fingerprint density at radius 3 is 1.89 bits per heavy atom. The van der Waals surface area contributed by atoms with Gasteiger partial charge in [0.15, 0.2) is 5.58 Å². The summed E-state index contributed by atoms with van der Waals surface area (Å²) in [6, 6.07) is 52.0. The van der Waals surface area contributed by atoms with Crippen molar-refractivity contribution in [3.63, 3.8) is 0 Å². The number of hydrogen-bond donors (Lipinski definition) is 0. The molecule has 10 aromatic rings. The Kier molecular flexibility index (Phi) is 5.54. The molecule has 0 amide bonds. The Labute approximate surface area is 269 Å². The number of para-hydroxylation sites is 3. The Morgan fingerprint density at radius 1 is 0.468 bits per heavy atom. The molecule has 0 aliphatic heterocycles. The van der Waals surface area contributed by atoms with E-state index in [-0.39, 0.29) is 0 Å². The van der Waals surface area contributed by atoms with Gasteiger partial charge in [0.2, 0.25) is 0 Å². The Balaban J connectivity index is 1.49. The lowest BCUT2D eigenvalue weighted by atomic mass is 9.95. The van der Waals surface area contributed by atoms with Crippen LogP contribution in [0.15, 0.2) is 169 Å². The quantitative estimate of drug-likeness (QED) is 0.198. The van der Waals surface area contributed by atoms with Gasteiger partial charge in [-0.1, -0.05) is 97.1 Å². The fourth-order valence-corrected chi connectivity index (χ4v) is 7.52. The van der Waals surface area contributed by atoms with Gasteiger partial charge in [0, 0.05) is 45.0 Å². The molecule has 220 valence electrons. The molecule has 4 nitrogen and oxygen atoms in total. The van der Waals surface area contributed by atoms with Crippen molar-refractivity contribution in [1.29, 1.82) is 0 Å². The van der Waals surface area contributed by atoms with Crippen molar-refractivity contribution in [1.82, 2.24) is 14.1 Å². The molecular weight excluding hydrogens is 574 g/mol. The summed E-state index contributed by atoms with van der Waals surface area (Å²) in [5.74, 6) is 0. The summed E-state index contributed by atoms with van der Waals surface area (Å²) in [6.45, 7) is 0. The Morgan fingerprint density at radius 2 is 1.11 bits per heavy atom. The first-order chi connectivity index (χ1) is 23.3. The van der Waals surface area contributed by atoms with E-state index in [1.165, 1.54) is 32.6 Å². The van der Waals surface area contributed by atoms with E-state index in [1.807, 2.05) is 24.5 Å². The number of pyridine rings is 1. The fourth-order valence-electron chi connectivity index (χ4n) is 7.52. The lowest BCUT2D eigenvalue weighted by Gasteiger charge is -2.16. The van der Waals surface area contributed by atoms with Crippen molar-refractivity contribution in [2.24, 2.45) is 0 Å². The molecule has 0 saturated heterocycles. The Bertz CT molecular complexity index is 2860. The summed E-state index contributed by atoms with van der Waals surface area (Å²) in [4.78, 5) is 5.02. The molecule has 3 aromatic heterocycles. The van der Waals surface area contributed by atoms with Crippen LogP contribution < -0.4 is 0 Å². The molecule has 0 aliphatic rings.